The number of hydrogen-bond donors (Lipinski definition) is 0. The first kappa shape index (κ1) is 18.1. The third kappa shape index (κ3) is 3.62. The Labute approximate surface area is 155 Å². The topological polar surface area (TPSA) is 61.2 Å². The summed E-state index contributed by atoms with van der Waals surface area (Å²) < 4.78 is 5.93. The Bertz CT molecular complexity index is 847. The Hall–Kier alpha value is -1.73. The summed E-state index contributed by atoms with van der Waals surface area (Å²) in [7, 11) is 0. The summed E-state index contributed by atoms with van der Waals surface area (Å²) >= 11 is 2.81. The largest absolute Gasteiger partial charge is 0.465 e. The fourth-order valence-electron chi connectivity index (χ4n) is 2.54. The first-order chi connectivity index (χ1) is 11.9. The van der Waals surface area contributed by atoms with Gasteiger partial charge in [-0.05, 0) is 32.9 Å². The third-order valence-electron chi connectivity index (χ3n) is 3.79. The second kappa shape index (κ2) is 7.25. The number of rotatable bonds is 5. The summed E-state index contributed by atoms with van der Waals surface area (Å²) in [6.07, 6.45) is 0.776. The predicted octanol–water partition coefficient (Wildman–Crippen LogP) is 3.31. The summed E-state index contributed by atoms with van der Waals surface area (Å²) in [5.41, 5.74) is 1.50. The number of nitrogens with zero attached hydrogens (tertiary/aromatic N) is 2. The van der Waals surface area contributed by atoms with Gasteiger partial charge in [0.15, 0.2) is 5.16 Å². The zero-order valence-electron chi connectivity index (χ0n) is 14.4. The van der Waals surface area contributed by atoms with Crippen LogP contribution in [0.1, 0.15) is 26.5 Å². The molecule has 0 N–H and O–H groups in total. The molecule has 0 aliphatic carbocycles. The molecule has 0 saturated heterocycles. The van der Waals surface area contributed by atoms with Gasteiger partial charge >= 0.3 is 5.97 Å². The molecule has 0 saturated carbocycles. The highest BCUT2D eigenvalue weighted by atomic mass is 32.2. The molecule has 0 spiro atoms. The molecule has 25 heavy (non-hydrogen) atoms. The zero-order valence-corrected chi connectivity index (χ0v) is 16.1. The molecule has 0 atom stereocenters. The van der Waals surface area contributed by atoms with Crippen LogP contribution in [0.5, 0.6) is 0 Å². The third-order valence-corrected chi connectivity index (χ3v) is 6.04. The maximum Gasteiger partial charge on any atom is 0.322 e. The molecule has 0 fully saturated rings. The van der Waals surface area contributed by atoms with E-state index in [0.29, 0.717) is 16.7 Å². The van der Waals surface area contributed by atoms with Crippen molar-refractivity contribution in [2.45, 2.75) is 42.0 Å². The van der Waals surface area contributed by atoms with Crippen LogP contribution in [0.25, 0.3) is 5.69 Å². The highest BCUT2D eigenvalue weighted by molar-refractivity contribution is 8.01. The Morgan fingerprint density at radius 3 is 2.76 bits per heavy atom. The van der Waals surface area contributed by atoms with Crippen LogP contribution in [0.2, 0.25) is 0 Å². The van der Waals surface area contributed by atoms with Crippen molar-refractivity contribution >= 4 is 29.5 Å². The monoisotopic (exact) mass is 376 g/mol. The second-order valence-electron chi connectivity index (χ2n) is 6.08. The van der Waals surface area contributed by atoms with E-state index in [1.807, 2.05) is 30.3 Å². The summed E-state index contributed by atoms with van der Waals surface area (Å²) in [6, 6.07) is 9.41. The van der Waals surface area contributed by atoms with Crippen LogP contribution in [0.4, 0.5) is 0 Å². The number of para-hydroxylation sites is 1. The van der Waals surface area contributed by atoms with Crippen molar-refractivity contribution in [3.8, 4) is 5.69 Å². The Kier molecular flexibility index (Phi) is 5.24. The molecule has 2 heterocycles. The number of aryl methyl sites for hydroxylation is 1. The second-order valence-corrected chi connectivity index (χ2v) is 8.77. The van der Waals surface area contributed by atoms with E-state index in [1.54, 1.807) is 37.1 Å². The molecule has 5 nitrogen and oxygen atoms in total. The van der Waals surface area contributed by atoms with Gasteiger partial charge in [0.2, 0.25) is 0 Å². The van der Waals surface area contributed by atoms with Gasteiger partial charge in [-0.25, -0.2) is 4.98 Å². The molecule has 0 bridgehead atoms. The summed E-state index contributed by atoms with van der Waals surface area (Å²) in [5.74, 6) is 0.547. The van der Waals surface area contributed by atoms with Crippen molar-refractivity contribution in [2.24, 2.45) is 0 Å². The van der Waals surface area contributed by atoms with Crippen LogP contribution in [-0.2, 0) is 16.0 Å². The lowest BCUT2D eigenvalue weighted by Gasteiger charge is -2.23. The molecule has 0 unspecified atom stereocenters. The van der Waals surface area contributed by atoms with Gasteiger partial charge in [0.1, 0.15) is 4.75 Å². The van der Waals surface area contributed by atoms with Crippen molar-refractivity contribution in [3.05, 3.63) is 46.4 Å². The van der Waals surface area contributed by atoms with Crippen molar-refractivity contribution in [1.82, 2.24) is 9.55 Å². The molecular formula is C18H20N2O3S2. The van der Waals surface area contributed by atoms with Gasteiger partial charge in [0.25, 0.3) is 5.56 Å². The standard InChI is InChI=1S/C18H20N2O3S2/c1-4-23-16(22)18(2,3)25-17-19-13-10-11-24-14(13)15(21)20(17)12-8-6-5-7-9-12/h5-9H,4,10-11H2,1-3H3. The molecule has 3 rings (SSSR count). The molecule has 0 amide bonds. The van der Waals surface area contributed by atoms with Crippen LogP contribution >= 0.6 is 23.5 Å². The van der Waals surface area contributed by atoms with Gasteiger partial charge in [-0.2, -0.15) is 0 Å². The number of esters is 1. The van der Waals surface area contributed by atoms with Gasteiger partial charge in [-0.1, -0.05) is 30.0 Å². The molecule has 132 valence electrons. The molecule has 1 aromatic heterocycles. The van der Waals surface area contributed by atoms with E-state index in [9.17, 15) is 9.59 Å². The van der Waals surface area contributed by atoms with E-state index in [0.717, 1.165) is 23.6 Å². The van der Waals surface area contributed by atoms with E-state index in [2.05, 4.69) is 0 Å². The molecule has 0 radical (unpaired) electrons. The summed E-state index contributed by atoms with van der Waals surface area (Å²) in [6.45, 7) is 5.68. The minimum Gasteiger partial charge on any atom is -0.465 e. The number of fused-ring (bicyclic) bond motifs is 1. The lowest BCUT2D eigenvalue weighted by Crippen LogP contribution is -2.32. The highest BCUT2D eigenvalue weighted by Gasteiger charge is 2.34. The van der Waals surface area contributed by atoms with Crippen LogP contribution < -0.4 is 5.56 Å². The minimum absolute atomic E-state index is 0.0686. The lowest BCUT2D eigenvalue weighted by atomic mass is 10.2. The van der Waals surface area contributed by atoms with Crippen LogP contribution in [-0.4, -0.2) is 32.6 Å². The van der Waals surface area contributed by atoms with Gasteiger partial charge in [-0.15, -0.1) is 11.8 Å². The number of benzene rings is 1. The van der Waals surface area contributed by atoms with Crippen LogP contribution in [0.3, 0.4) is 0 Å². The minimum atomic E-state index is -0.841. The number of ether oxygens (including phenoxy) is 1. The van der Waals surface area contributed by atoms with Gasteiger partial charge < -0.3 is 4.74 Å². The number of thioether (sulfide) groups is 2. The number of carbonyl (C=O) groups excluding carboxylic acids is 1. The van der Waals surface area contributed by atoms with E-state index >= 15 is 0 Å². The maximum absolute atomic E-state index is 13.0. The molecule has 1 aliphatic heterocycles. The number of hydrogen-bond acceptors (Lipinski definition) is 6. The smallest absolute Gasteiger partial charge is 0.322 e. The van der Waals surface area contributed by atoms with E-state index in [4.69, 9.17) is 9.72 Å². The summed E-state index contributed by atoms with van der Waals surface area (Å²) in [4.78, 5) is 30.7. The molecule has 2 aromatic rings. The average molecular weight is 377 g/mol. The lowest BCUT2D eigenvalue weighted by molar-refractivity contribution is -0.145. The van der Waals surface area contributed by atoms with E-state index in [1.165, 1.54) is 11.8 Å². The quantitative estimate of drug-likeness (QED) is 0.453. The van der Waals surface area contributed by atoms with Gasteiger partial charge in [0, 0.05) is 12.2 Å². The van der Waals surface area contributed by atoms with Crippen molar-refractivity contribution < 1.29 is 9.53 Å². The fourth-order valence-corrected chi connectivity index (χ4v) is 4.60. The number of carbonyl (C=O) groups is 1. The maximum atomic E-state index is 13.0. The molecule has 1 aromatic carbocycles. The normalized spacial score (nSPS) is 13.6. The van der Waals surface area contributed by atoms with Crippen molar-refractivity contribution in [1.29, 1.82) is 0 Å². The van der Waals surface area contributed by atoms with Crippen LogP contribution in [0, 0.1) is 0 Å². The highest BCUT2D eigenvalue weighted by Crippen LogP contribution is 2.35. The van der Waals surface area contributed by atoms with Crippen molar-refractivity contribution in [2.75, 3.05) is 12.4 Å². The summed E-state index contributed by atoms with van der Waals surface area (Å²) in [5, 5.41) is 0.524. The van der Waals surface area contributed by atoms with Gasteiger partial charge in [0.05, 0.1) is 22.9 Å². The van der Waals surface area contributed by atoms with E-state index < -0.39 is 4.75 Å². The molecule has 7 heteroatoms. The van der Waals surface area contributed by atoms with Crippen molar-refractivity contribution in [3.63, 3.8) is 0 Å². The SMILES string of the molecule is CCOC(=O)C(C)(C)Sc1nc2c(c(=O)n1-c1ccccc1)SCC2. The fraction of sp³-hybridized carbons (Fsp3) is 0.389. The first-order valence-corrected chi connectivity index (χ1v) is 9.94. The Morgan fingerprint density at radius 1 is 1.36 bits per heavy atom. The van der Waals surface area contributed by atoms with Gasteiger partial charge in [-0.3, -0.25) is 14.2 Å². The van der Waals surface area contributed by atoms with E-state index in [-0.39, 0.29) is 11.5 Å². The molecular weight excluding hydrogens is 356 g/mol. The Morgan fingerprint density at radius 2 is 2.08 bits per heavy atom. The van der Waals surface area contributed by atoms with Crippen LogP contribution in [0.15, 0.2) is 45.2 Å². The zero-order chi connectivity index (χ0) is 18.0. The Balaban J connectivity index is 2.11. The number of aromatic nitrogens is 2. The predicted molar refractivity (Wildman–Crippen MR) is 101 cm³/mol. The molecule has 1 aliphatic rings. The average Bonchev–Trinajstić information content (AvgIpc) is 3.04. The first-order valence-electron chi connectivity index (χ1n) is 8.14.